The Morgan fingerprint density at radius 3 is 2.46 bits per heavy atom. The molecule has 0 spiro atoms. The Kier molecular flexibility index (Phi) is 13.7. The zero-order valence-corrected chi connectivity index (χ0v) is 26.2. The van der Waals surface area contributed by atoms with E-state index in [-0.39, 0.29) is 61.4 Å². The van der Waals surface area contributed by atoms with E-state index in [9.17, 15) is 19.8 Å². The van der Waals surface area contributed by atoms with Crippen molar-refractivity contribution < 1.29 is 43.5 Å². The number of aliphatic hydroxyl groups is 2. The molecule has 0 aromatic rings. The minimum Gasteiger partial charge on any atom is -0.457 e. The van der Waals surface area contributed by atoms with Crippen LogP contribution in [-0.4, -0.2) is 84.7 Å². The Balaban J connectivity index is 2.20. The van der Waals surface area contributed by atoms with Crippen LogP contribution in [0.15, 0.2) is 36.0 Å². The number of carbonyl (C=O) groups excluding carboxylic acids is 2. The van der Waals surface area contributed by atoms with Crippen LogP contribution in [0.4, 0.5) is 0 Å². The number of hydrogen-bond donors (Lipinski definition) is 2. The van der Waals surface area contributed by atoms with Gasteiger partial charge in [-0.2, -0.15) is 0 Å². The number of epoxide rings is 1. The van der Waals surface area contributed by atoms with Gasteiger partial charge in [-0.05, 0) is 44.8 Å². The van der Waals surface area contributed by atoms with E-state index in [1.807, 2.05) is 32.1 Å². The fourth-order valence-corrected chi connectivity index (χ4v) is 5.65. The number of ether oxygens (including phenoxy) is 5. The lowest BCUT2D eigenvalue weighted by atomic mass is 9.88. The van der Waals surface area contributed by atoms with Gasteiger partial charge in [0.05, 0.1) is 30.8 Å². The van der Waals surface area contributed by atoms with Gasteiger partial charge >= 0.3 is 11.9 Å². The van der Waals surface area contributed by atoms with E-state index in [1.54, 1.807) is 33.3 Å². The monoisotopic (exact) mass is 580 g/mol. The fraction of sp³-hybridized carbons (Fsp3) is 0.750. The van der Waals surface area contributed by atoms with E-state index < -0.39 is 35.9 Å². The third kappa shape index (κ3) is 10.3. The van der Waals surface area contributed by atoms with Crippen molar-refractivity contribution in [3.8, 4) is 0 Å². The van der Waals surface area contributed by atoms with Crippen LogP contribution in [0.2, 0.25) is 0 Å². The Morgan fingerprint density at radius 2 is 1.88 bits per heavy atom. The Hall–Kier alpha value is -2.04. The van der Waals surface area contributed by atoms with Crippen molar-refractivity contribution in [2.45, 2.75) is 122 Å². The molecule has 0 radical (unpaired) electrons. The highest BCUT2D eigenvalue weighted by Crippen LogP contribution is 2.38. The van der Waals surface area contributed by atoms with Crippen LogP contribution in [0, 0.1) is 17.8 Å². The van der Waals surface area contributed by atoms with Gasteiger partial charge < -0.3 is 33.9 Å². The highest BCUT2D eigenvalue weighted by molar-refractivity contribution is 5.70. The molecule has 0 amide bonds. The number of allylic oxidation sites excluding steroid dienone is 2. The molecular weight excluding hydrogens is 528 g/mol. The highest BCUT2D eigenvalue weighted by Gasteiger charge is 2.51. The molecule has 2 rings (SSSR count). The maximum absolute atomic E-state index is 12.7. The quantitative estimate of drug-likeness (QED) is 0.159. The standard InChI is InChI=1S/C32H52O9/c1-10-25(37-8)22(5)30-31(41-30)29(38-9)20(3)13-11-12-19(2)28-21(4)14-15-26(39-23(6)33)32(7,36)17-16-24(34)18-27(35)40-28/h11-15,20-22,24-26,28-31,34,36H,10,16-18H2,1-9H3/b13-11+,15-14+,19-12+. The van der Waals surface area contributed by atoms with Crippen molar-refractivity contribution >= 4 is 11.9 Å². The molecule has 1 fully saturated rings. The van der Waals surface area contributed by atoms with E-state index in [1.165, 1.54) is 6.92 Å². The summed E-state index contributed by atoms with van der Waals surface area (Å²) < 4.78 is 28.6. The van der Waals surface area contributed by atoms with Gasteiger partial charge in [-0.3, -0.25) is 9.59 Å². The van der Waals surface area contributed by atoms with Gasteiger partial charge in [-0.15, -0.1) is 0 Å². The molecular formula is C32H52O9. The number of esters is 2. The minimum absolute atomic E-state index is 0.00449. The largest absolute Gasteiger partial charge is 0.457 e. The molecule has 2 aliphatic heterocycles. The Labute approximate surface area is 245 Å². The lowest BCUT2D eigenvalue weighted by Gasteiger charge is -2.32. The maximum Gasteiger partial charge on any atom is 0.309 e. The van der Waals surface area contributed by atoms with E-state index in [0.29, 0.717) is 0 Å². The minimum atomic E-state index is -1.41. The molecule has 9 nitrogen and oxygen atoms in total. The molecule has 0 aliphatic carbocycles. The molecule has 0 bridgehead atoms. The van der Waals surface area contributed by atoms with Crippen LogP contribution in [0.25, 0.3) is 0 Å². The van der Waals surface area contributed by atoms with Gasteiger partial charge in [0.1, 0.15) is 23.9 Å². The third-order valence-corrected chi connectivity index (χ3v) is 8.33. The first-order valence-corrected chi connectivity index (χ1v) is 14.8. The van der Waals surface area contributed by atoms with Gasteiger partial charge in [-0.1, -0.05) is 52.0 Å². The molecule has 1 saturated heterocycles. The summed E-state index contributed by atoms with van der Waals surface area (Å²) in [4.78, 5) is 24.4. The Morgan fingerprint density at radius 1 is 1.20 bits per heavy atom. The molecule has 0 aromatic carbocycles. The number of carbonyl (C=O) groups is 2. The summed E-state index contributed by atoms with van der Waals surface area (Å²) in [5, 5.41) is 21.4. The first-order chi connectivity index (χ1) is 19.2. The summed E-state index contributed by atoms with van der Waals surface area (Å²) in [6.45, 7) is 12.9. The number of hydrogen-bond acceptors (Lipinski definition) is 9. The lowest BCUT2D eigenvalue weighted by molar-refractivity contribution is -0.157. The molecule has 11 atom stereocenters. The molecule has 234 valence electrons. The summed E-state index contributed by atoms with van der Waals surface area (Å²) in [6.07, 6.45) is 7.91. The van der Waals surface area contributed by atoms with E-state index >= 15 is 0 Å². The second-order valence-electron chi connectivity index (χ2n) is 11.9. The molecule has 0 aromatic heterocycles. The number of rotatable bonds is 11. The summed E-state index contributed by atoms with van der Waals surface area (Å²) >= 11 is 0. The van der Waals surface area contributed by atoms with Gasteiger partial charge in [0.15, 0.2) is 0 Å². The van der Waals surface area contributed by atoms with Crippen molar-refractivity contribution in [2.24, 2.45) is 17.8 Å². The first kappa shape index (κ1) is 35.2. The molecule has 9 heteroatoms. The SMILES string of the molecule is CCC(OC)C(C)C1OC1C(OC)C(C)/C=C/C=C(\C)C1OC(=O)CC(O)CCC(C)(O)C(OC(C)=O)/C=C/C1C. The molecule has 41 heavy (non-hydrogen) atoms. The van der Waals surface area contributed by atoms with E-state index in [0.717, 1.165) is 12.0 Å². The van der Waals surface area contributed by atoms with Crippen LogP contribution in [0.1, 0.15) is 74.1 Å². The summed E-state index contributed by atoms with van der Waals surface area (Å²) in [5.41, 5.74) is -0.609. The topological polar surface area (TPSA) is 124 Å². The second-order valence-corrected chi connectivity index (χ2v) is 11.9. The number of methoxy groups -OCH3 is 2. The summed E-state index contributed by atoms with van der Waals surface area (Å²) in [6, 6.07) is 0. The fourth-order valence-electron chi connectivity index (χ4n) is 5.65. The predicted molar refractivity (Wildman–Crippen MR) is 156 cm³/mol. The van der Waals surface area contributed by atoms with Crippen LogP contribution in [-0.2, 0) is 33.3 Å². The lowest BCUT2D eigenvalue weighted by Crippen LogP contribution is -2.42. The third-order valence-electron chi connectivity index (χ3n) is 8.33. The molecule has 0 saturated carbocycles. The zero-order valence-electron chi connectivity index (χ0n) is 26.2. The molecule has 2 N–H and O–H groups in total. The van der Waals surface area contributed by atoms with Crippen LogP contribution in [0.5, 0.6) is 0 Å². The van der Waals surface area contributed by atoms with Gasteiger partial charge in [0, 0.05) is 38.9 Å². The normalized spacial score (nSPS) is 35.4. The molecule has 2 heterocycles. The van der Waals surface area contributed by atoms with Crippen LogP contribution in [0.3, 0.4) is 0 Å². The zero-order chi connectivity index (χ0) is 30.9. The summed E-state index contributed by atoms with van der Waals surface area (Å²) in [7, 11) is 3.43. The average Bonchev–Trinajstić information content (AvgIpc) is 3.69. The van der Waals surface area contributed by atoms with Crippen molar-refractivity contribution in [2.75, 3.05) is 14.2 Å². The smallest absolute Gasteiger partial charge is 0.309 e. The van der Waals surface area contributed by atoms with Crippen molar-refractivity contribution in [1.82, 2.24) is 0 Å². The van der Waals surface area contributed by atoms with Gasteiger partial charge in [0.25, 0.3) is 0 Å². The van der Waals surface area contributed by atoms with Crippen molar-refractivity contribution in [3.05, 3.63) is 36.0 Å². The maximum atomic E-state index is 12.7. The Bertz CT molecular complexity index is 935. The van der Waals surface area contributed by atoms with Crippen molar-refractivity contribution in [3.63, 3.8) is 0 Å². The molecule has 11 unspecified atom stereocenters. The second kappa shape index (κ2) is 16.0. The van der Waals surface area contributed by atoms with E-state index in [4.69, 9.17) is 23.7 Å². The number of aliphatic hydroxyl groups excluding tert-OH is 1. The average molecular weight is 581 g/mol. The van der Waals surface area contributed by atoms with Gasteiger partial charge in [0.2, 0.25) is 0 Å². The van der Waals surface area contributed by atoms with Crippen LogP contribution < -0.4 is 0 Å². The summed E-state index contributed by atoms with van der Waals surface area (Å²) in [5.74, 6) is -1.01. The van der Waals surface area contributed by atoms with Crippen molar-refractivity contribution in [1.29, 1.82) is 0 Å². The highest BCUT2D eigenvalue weighted by atomic mass is 16.6. The predicted octanol–water partition coefficient (Wildman–Crippen LogP) is 4.30. The molecule has 2 aliphatic rings. The van der Waals surface area contributed by atoms with Crippen LogP contribution >= 0.6 is 0 Å². The van der Waals surface area contributed by atoms with E-state index in [2.05, 4.69) is 20.8 Å². The van der Waals surface area contributed by atoms with Gasteiger partial charge in [-0.25, -0.2) is 0 Å². The number of cyclic esters (lactones) is 1. The first-order valence-electron chi connectivity index (χ1n) is 14.8.